The van der Waals surface area contributed by atoms with E-state index in [1.54, 1.807) is 25.1 Å². The van der Waals surface area contributed by atoms with Gasteiger partial charge in [-0.25, -0.2) is 5.43 Å². The Morgan fingerprint density at radius 3 is 2.87 bits per heavy atom. The number of phenols is 1. The number of rotatable bonds is 8. The lowest BCUT2D eigenvalue weighted by Crippen LogP contribution is -2.16. The third-order valence-corrected chi connectivity index (χ3v) is 4.15. The average molecular weight is 409 g/mol. The van der Waals surface area contributed by atoms with Crippen molar-refractivity contribution in [3.63, 3.8) is 0 Å². The Balaban J connectivity index is 1.77. The first-order chi connectivity index (χ1) is 14.4. The number of nitrogens with one attached hydrogen (secondary N) is 1. The Hall–Kier alpha value is -4.14. The Labute approximate surface area is 171 Å². The van der Waals surface area contributed by atoms with E-state index in [0.29, 0.717) is 40.9 Å². The molecule has 1 aromatic heterocycles. The fourth-order valence-corrected chi connectivity index (χ4v) is 2.82. The number of amides is 1. The van der Waals surface area contributed by atoms with Crippen LogP contribution in [0.5, 0.6) is 11.5 Å². The van der Waals surface area contributed by atoms with E-state index in [4.69, 9.17) is 9.15 Å². The van der Waals surface area contributed by atoms with Crippen LogP contribution in [-0.2, 0) is 6.42 Å². The number of ether oxygens (including phenoxy) is 1. The SMILES string of the molecule is C=CCc1cc(/C=N\NC(=O)c2cc3cc([N+](=O)[O-])ccc3o2)cc(OCC)c1O. The van der Waals surface area contributed by atoms with Crippen LogP contribution < -0.4 is 10.2 Å². The number of aromatic hydroxyl groups is 1. The number of benzene rings is 2. The van der Waals surface area contributed by atoms with Gasteiger partial charge in [0.05, 0.1) is 17.7 Å². The predicted octanol–water partition coefficient (Wildman–Crippen LogP) is 3.94. The number of nitrogens with zero attached hydrogens (tertiary/aromatic N) is 2. The number of fused-ring (bicyclic) bond motifs is 1. The zero-order valence-corrected chi connectivity index (χ0v) is 16.1. The number of allylic oxidation sites excluding steroid dienone is 1. The highest BCUT2D eigenvalue weighted by Crippen LogP contribution is 2.32. The number of hydrogen-bond donors (Lipinski definition) is 2. The van der Waals surface area contributed by atoms with Gasteiger partial charge in [-0.05, 0) is 43.2 Å². The molecule has 0 unspecified atom stereocenters. The van der Waals surface area contributed by atoms with Crippen molar-refractivity contribution in [3.8, 4) is 11.5 Å². The average Bonchev–Trinajstić information content (AvgIpc) is 3.15. The Bertz CT molecular complexity index is 1150. The van der Waals surface area contributed by atoms with Crippen LogP contribution in [0.25, 0.3) is 11.0 Å². The van der Waals surface area contributed by atoms with Crippen molar-refractivity contribution >= 4 is 28.8 Å². The quantitative estimate of drug-likeness (QED) is 0.251. The van der Waals surface area contributed by atoms with E-state index < -0.39 is 10.8 Å². The van der Waals surface area contributed by atoms with Gasteiger partial charge in [-0.1, -0.05) is 6.08 Å². The molecule has 0 saturated carbocycles. The summed E-state index contributed by atoms with van der Waals surface area (Å²) in [5.41, 5.74) is 3.82. The van der Waals surface area contributed by atoms with Gasteiger partial charge in [-0.3, -0.25) is 14.9 Å². The summed E-state index contributed by atoms with van der Waals surface area (Å²) >= 11 is 0. The highest BCUT2D eigenvalue weighted by Gasteiger charge is 2.15. The van der Waals surface area contributed by atoms with E-state index in [9.17, 15) is 20.0 Å². The first-order valence-electron chi connectivity index (χ1n) is 9.04. The number of carbonyl (C=O) groups is 1. The second-order valence-corrected chi connectivity index (χ2v) is 6.24. The van der Waals surface area contributed by atoms with E-state index in [2.05, 4.69) is 17.1 Å². The molecular weight excluding hydrogens is 390 g/mol. The summed E-state index contributed by atoms with van der Waals surface area (Å²) in [7, 11) is 0. The molecule has 30 heavy (non-hydrogen) atoms. The zero-order valence-electron chi connectivity index (χ0n) is 16.1. The molecule has 154 valence electrons. The van der Waals surface area contributed by atoms with Gasteiger partial charge in [0.1, 0.15) is 5.58 Å². The van der Waals surface area contributed by atoms with Crippen LogP contribution in [-0.4, -0.2) is 28.8 Å². The number of non-ortho nitro benzene ring substituents is 1. The van der Waals surface area contributed by atoms with E-state index in [1.807, 2.05) is 0 Å². The first kappa shape index (κ1) is 20.6. The maximum Gasteiger partial charge on any atom is 0.307 e. The molecule has 1 heterocycles. The monoisotopic (exact) mass is 409 g/mol. The second kappa shape index (κ2) is 8.91. The van der Waals surface area contributed by atoms with Crippen molar-refractivity contribution in [1.29, 1.82) is 0 Å². The summed E-state index contributed by atoms with van der Waals surface area (Å²) in [5, 5.41) is 25.4. The second-order valence-electron chi connectivity index (χ2n) is 6.24. The van der Waals surface area contributed by atoms with E-state index in [-0.39, 0.29) is 17.2 Å². The van der Waals surface area contributed by atoms with Gasteiger partial charge in [-0.2, -0.15) is 5.10 Å². The van der Waals surface area contributed by atoms with Gasteiger partial charge in [-0.15, -0.1) is 6.58 Å². The molecular formula is C21H19N3O6. The number of carbonyl (C=O) groups excluding carboxylic acids is 1. The molecule has 0 atom stereocenters. The van der Waals surface area contributed by atoms with Crippen LogP contribution in [0.3, 0.4) is 0 Å². The number of hydrogen-bond acceptors (Lipinski definition) is 7. The lowest BCUT2D eigenvalue weighted by atomic mass is 10.1. The smallest absolute Gasteiger partial charge is 0.307 e. The summed E-state index contributed by atoms with van der Waals surface area (Å²) < 4.78 is 10.8. The van der Waals surface area contributed by atoms with E-state index in [0.717, 1.165) is 0 Å². The highest BCUT2D eigenvalue weighted by atomic mass is 16.6. The topological polar surface area (TPSA) is 127 Å². The molecule has 9 heteroatoms. The standard InChI is InChI=1S/C21H19N3O6/c1-3-5-14-8-13(9-18(20(14)25)29-4-2)12-22-23-21(26)19-11-15-10-16(24(27)28)6-7-17(15)30-19/h3,6-12,25H,1,4-5H2,2H3,(H,23,26)/b22-12-. The summed E-state index contributed by atoms with van der Waals surface area (Å²) in [4.78, 5) is 22.6. The Morgan fingerprint density at radius 2 is 2.17 bits per heavy atom. The van der Waals surface area contributed by atoms with Crippen LogP contribution in [0.4, 0.5) is 5.69 Å². The number of hydrazone groups is 1. The fourth-order valence-electron chi connectivity index (χ4n) is 2.82. The summed E-state index contributed by atoms with van der Waals surface area (Å²) in [6, 6.07) is 8.76. The molecule has 1 amide bonds. The Kier molecular flexibility index (Phi) is 6.11. The van der Waals surface area contributed by atoms with Crippen LogP contribution >= 0.6 is 0 Å². The molecule has 0 aliphatic heterocycles. The van der Waals surface area contributed by atoms with Crippen molar-refractivity contribution in [2.24, 2.45) is 5.10 Å². The predicted molar refractivity (Wildman–Crippen MR) is 111 cm³/mol. The fraction of sp³-hybridized carbons (Fsp3) is 0.143. The maximum absolute atomic E-state index is 12.3. The number of furan rings is 1. The van der Waals surface area contributed by atoms with Gasteiger partial charge >= 0.3 is 5.91 Å². The van der Waals surface area contributed by atoms with Crippen LogP contribution in [0.15, 0.2) is 58.6 Å². The summed E-state index contributed by atoms with van der Waals surface area (Å²) in [6.45, 7) is 5.84. The van der Waals surface area contributed by atoms with Gasteiger partial charge in [0.2, 0.25) is 0 Å². The molecule has 0 aliphatic rings. The van der Waals surface area contributed by atoms with E-state index in [1.165, 1.54) is 30.5 Å². The molecule has 2 N–H and O–H groups in total. The molecule has 0 aliphatic carbocycles. The maximum atomic E-state index is 12.3. The van der Waals surface area contributed by atoms with Gasteiger partial charge < -0.3 is 14.3 Å². The minimum atomic E-state index is -0.611. The molecule has 0 spiro atoms. The molecule has 0 bridgehead atoms. The summed E-state index contributed by atoms with van der Waals surface area (Å²) in [5.74, 6) is -0.297. The minimum absolute atomic E-state index is 0.0318. The molecule has 0 fully saturated rings. The third kappa shape index (κ3) is 4.46. The lowest BCUT2D eigenvalue weighted by molar-refractivity contribution is -0.384. The normalized spacial score (nSPS) is 11.0. The Morgan fingerprint density at radius 1 is 1.37 bits per heavy atom. The van der Waals surface area contributed by atoms with Crippen molar-refractivity contribution < 1.29 is 24.0 Å². The number of nitro benzene ring substituents is 1. The van der Waals surface area contributed by atoms with Crippen molar-refractivity contribution in [1.82, 2.24) is 5.43 Å². The van der Waals surface area contributed by atoms with Crippen molar-refractivity contribution in [2.45, 2.75) is 13.3 Å². The molecule has 3 rings (SSSR count). The van der Waals surface area contributed by atoms with Gasteiger partial charge in [0.15, 0.2) is 17.3 Å². The van der Waals surface area contributed by atoms with Crippen molar-refractivity contribution in [2.75, 3.05) is 6.61 Å². The summed E-state index contributed by atoms with van der Waals surface area (Å²) in [6.07, 6.45) is 3.49. The lowest BCUT2D eigenvalue weighted by Gasteiger charge is -2.10. The minimum Gasteiger partial charge on any atom is -0.504 e. The molecule has 2 aromatic carbocycles. The first-order valence-corrected chi connectivity index (χ1v) is 9.04. The molecule has 3 aromatic rings. The molecule has 9 nitrogen and oxygen atoms in total. The number of nitro groups is 1. The van der Waals surface area contributed by atoms with E-state index >= 15 is 0 Å². The van der Waals surface area contributed by atoms with Crippen LogP contribution in [0, 0.1) is 10.1 Å². The van der Waals surface area contributed by atoms with Crippen LogP contribution in [0.2, 0.25) is 0 Å². The zero-order chi connectivity index (χ0) is 21.7. The van der Waals surface area contributed by atoms with Gasteiger partial charge in [0, 0.05) is 23.1 Å². The molecule has 0 saturated heterocycles. The molecule has 0 radical (unpaired) electrons. The highest BCUT2D eigenvalue weighted by molar-refractivity contribution is 5.97. The third-order valence-electron chi connectivity index (χ3n) is 4.15. The van der Waals surface area contributed by atoms with Crippen molar-refractivity contribution in [3.05, 3.63) is 76.1 Å². The number of phenolic OH excluding ortho intramolecular Hbond substituents is 1. The largest absolute Gasteiger partial charge is 0.504 e. The van der Waals surface area contributed by atoms with Gasteiger partial charge in [0.25, 0.3) is 5.69 Å². The van der Waals surface area contributed by atoms with Crippen LogP contribution in [0.1, 0.15) is 28.6 Å².